The summed E-state index contributed by atoms with van der Waals surface area (Å²) in [5.41, 5.74) is 0.240. The summed E-state index contributed by atoms with van der Waals surface area (Å²) in [6.07, 6.45) is 5.82. The standard InChI is InChI=1S/C25H23ClF2N4OS/c1-4-25(2,16-5-7-17(26)8-6-16)21-15-34-24(29-21)30-23(33)22-19(27)13-18(14-20(22)28)32-11-9-31(3)10-12-32/h1,5-8,13-15H,9-12H2,2-3H3,(H,29,30,33)/t25-/m1/s1. The van der Waals surface area contributed by atoms with E-state index in [1.165, 1.54) is 12.1 Å². The van der Waals surface area contributed by atoms with Gasteiger partial charge in [0.1, 0.15) is 17.2 Å². The molecule has 34 heavy (non-hydrogen) atoms. The first-order chi connectivity index (χ1) is 16.2. The molecule has 2 heterocycles. The number of benzene rings is 2. The van der Waals surface area contributed by atoms with Crippen LogP contribution in [0.2, 0.25) is 5.02 Å². The number of likely N-dealkylation sites (N-methyl/N-ethyl adjacent to an activating group) is 1. The number of hydrogen-bond donors (Lipinski definition) is 1. The van der Waals surface area contributed by atoms with Gasteiger partial charge in [-0.2, -0.15) is 0 Å². The third-order valence-corrected chi connectivity index (χ3v) is 7.08. The van der Waals surface area contributed by atoms with Crippen LogP contribution in [0.15, 0.2) is 41.8 Å². The number of nitrogens with zero attached hydrogens (tertiary/aromatic N) is 3. The zero-order valence-corrected chi connectivity index (χ0v) is 20.3. The monoisotopic (exact) mass is 500 g/mol. The maximum atomic E-state index is 14.8. The Morgan fingerprint density at radius 1 is 1.18 bits per heavy atom. The number of carbonyl (C=O) groups is 1. The number of piperazine rings is 1. The molecule has 1 amide bonds. The molecule has 1 aliphatic heterocycles. The lowest BCUT2D eigenvalue weighted by Crippen LogP contribution is -2.44. The van der Waals surface area contributed by atoms with Crippen LogP contribution in [0.3, 0.4) is 0 Å². The van der Waals surface area contributed by atoms with Gasteiger partial charge in [-0.15, -0.1) is 17.8 Å². The van der Waals surface area contributed by atoms with E-state index in [1.807, 2.05) is 31.0 Å². The maximum Gasteiger partial charge on any atom is 0.263 e. The topological polar surface area (TPSA) is 48.5 Å². The van der Waals surface area contributed by atoms with Crippen LogP contribution in [0.5, 0.6) is 0 Å². The van der Waals surface area contributed by atoms with Crippen LogP contribution < -0.4 is 10.2 Å². The predicted molar refractivity (Wildman–Crippen MR) is 133 cm³/mol. The van der Waals surface area contributed by atoms with E-state index in [2.05, 4.69) is 21.1 Å². The van der Waals surface area contributed by atoms with Crippen molar-refractivity contribution in [1.29, 1.82) is 0 Å². The van der Waals surface area contributed by atoms with Crippen molar-refractivity contribution in [3.05, 3.63) is 75.3 Å². The average Bonchev–Trinajstić information content (AvgIpc) is 3.28. The van der Waals surface area contributed by atoms with Gasteiger partial charge < -0.3 is 9.80 Å². The lowest BCUT2D eigenvalue weighted by molar-refractivity contribution is 0.101. The minimum Gasteiger partial charge on any atom is -0.369 e. The fraction of sp³-hybridized carbons (Fsp3) is 0.280. The quantitative estimate of drug-likeness (QED) is 0.500. The zero-order valence-electron chi connectivity index (χ0n) is 18.7. The van der Waals surface area contributed by atoms with Gasteiger partial charge in [0, 0.05) is 42.3 Å². The van der Waals surface area contributed by atoms with Gasteiger partial charge >= 0.3 is 0 Å². The Hall–Kier alpha value is -2.99. The van der Waals surface area contributed by atoms with Crippen LogP contribution in [-0.2, 0) is 5.41 Å². The Bertz CT molecular complexity index is 1230. The molecule has 9 heteroatoms. The lowest BCUT2D eigenvalue weighted by atomic mass is 9.81. The van der Waals surface area contributed by atoms with E-state index < -0.39 is 28.5 Å². The number of hydrogen-bond acceptors (Lipinski definition) is 5. The highest BCUT2D eigenvalue weighted by atomic mass is 35.5. The van der Waals surface area contributed by atoms with Crippen LogP contribution in [-0.4, -0.2) is 49.0 Å². The van der Waals surface area contributed by atoms with E-state index >= 15 is 0 Å². The highest BCUT2D eigenvalue weighted by molar-refractivity contribution is 7.14. The first kappa shape index (κ1) is 24.1. The van der Waals surface area contributed by atoms with Gasteiger partial charge in [-0.1, -0.05) is 29.7 Å². The number of terminal acetylenes is 1. The number of thiazole rings is 1. The summed E-state index contributed by atoms with van der Waals surface area (Å²) in [5.74, 6) is 0.00287. The number of amides is 1. The third-order valence-electron chi connectivity index (χ3n) is 6.07. The summed E-state index contributed by atoms with van der Waals surface area (Å²) in [5, 5.41) is 4.99. The Labute approximate surface area is 206 Å². The number of halogens is 3. The Balaban J connectivity index is 1.54. The van der Waals surface area contributed by atoms with Crippen LogP contribution in [0.1, 0.15) is 28.5 Å². The molecule has 0 radical (unpaired) electrons. The van der Waals surface area contributed by atoms with E-state index in [9.17, 15) is 13.6 Å². The molecule has 1 atom stereocenters. The van der Waals surface area contributed by atoms with E-state index in [0.717, 1.165) is 30.0 Å². The fourth-order valence-corrected chi connectivity index (χ4v) is 4.77. The molecule has 0 spiro atoms. The molecule has 1 aliphatic rings. The molecule has 1 N–H and O–H groups in total. The van der Waals surface area contributed by atoms with Crippen LogP contribution in [0, 0.1) is 24.0 Å². The molecular weight excluding hydrogens is 478 g/mol. The number of rotatable bonds is 5. The van der Waals surface area contributed by atoms with E-state index in [0.29, 0.717) is 29.5 Å². The number of nitrogens with one attached hydrogen (secondary N) is 1. The second-order valence-corrected chi connectivity index (χ2v) is 9.64. The van der Waals surface area contributed by atoms with Gasteiger partial charge in [-0.3, -0.25) is 10.1 Å². The molecule has 0 aliphatic carbocycles. The first-order valence-corrected chi connectivity index (χ1v) is 11.9. The van der Waals surface area contributed by atoms with Gasteiger partial charge in [-0.05, 0) is 43.8 Å². The largest absolute Gasteiger partial charge is 0.369 e. The van der Waals surface area contributed by atoms with Crippen molar-refractivity contribution in [2.45, 2.75) is 12.3 Å². The Morgan fingerprint density at radius 2 is 1.79 bits per heavy atom. The molecule has 0 unspecified atom stereocenters. The molecule has 1 fully saturated rings. The molecule has 4 rings (SSSR count). The summed E-state index contributed by atoms with van der Waals surface area (Å²) in [7, 11) is 2.00. The summed E-state index contributed by atoms with van der Waals surface area (Å²) in [6.45, 7) is 4.73. The molecule has 3 aromatic rings. The number of anilines is 2. The van der Waals surface area contributed by atoms with E-state index in [1.54, 1.807) is 17.5 Å². The minimum atomic E-state index is -0.919. The molecule has 176 valence electrons. The summed E-state index contributed by atoms with van der Waals surface area (Å²) in [4.78, 5) is 21.2. The van der Waals surface area contributed by atoms with Crippen molar-refractivity contribution in [3.8, 4) is 12.3 Å². The van der Waals surface area contributed by atoms with Crippen molar-refractivity contribution in [3.63, 3.8) is 0 Å². The minimum absolute atomic E-state index is 0.192. The number of aromatic nitrogens is 1. The highest BCUT2D eigenvalue weighted by Crippen LogP contribution is 2.34. The maximum absolute atomic E-state index is 14.8. The summed E-state index contributed by atoms with van der Waals surface area (Å²) >= 11 is 7.11. The predicted octanol–water partition coefficient (Wildman–Crippen LogP) is 5.02. The van der Waals surface area contributed by atoms with Gasteiger partial charge in [-0.25, -0.2) is 13.8 Å². The molecule has 2 aromatic carbocycles. The van der Waals surface area contributed by atoms with Gasteiger partial charge in [0.2, 0.25) is 0 Å². The second-order valence-electron chi connectivity index (χ2n) is 8.34. The summed E-state index contributed by atoms with van der Waals surface area (Å²) < 4.78 is 29.6. The molecule has 0 bridgehead atoms. The Kier molecular flexibility index (Phi) is 6.89. The molecule has 1 aromatic heterocycles. The van der Waals surface area contributed by atoms with Crippen molar-refractivity contribution in [2.24, 2.45) is 0 Å². The van der Waals surface area contributed by atoms with Crippen molar-refractivity contribution in [2.75, 3.05) is 43.4 Å². The Morgan fingerprint density at radius 3 is 2.38 bits per heavy atom. The van der Waals surface area contributed by atoms with Gasteiger partial charge in [0.05, 0.1) is 11.1 Å². The van der Waals surface area contributed by atoms with E-state index in [-0.39, 0.29) is 5.13 Å². The average molecular weight is 501 g/mol. The smallest absolute Gasteiger partial charge is 0.263 e. The van der Waals surface area contributed by atoms with Crippen LogP contribution >= 0.6 is 22.9 Å². The highest BCUT2D eigenvalue weighted by Gasteiger charge is 2.30. The first-order valence-electron chi connectivity index (χ1n) is 10.6. The summed E-state index contributed by atoms with van der Waals surface area (Å²) in [6, 6.07) is 9.50. The molecule has 1 saturated heterocycles. The zero-order chi connectivity index (χ0) is 24.5. The normalized spacial score (nSPS) is 16.1. The van der Waals surface area contributed by atoms with E-state index in [4.69, 9.17) is 18.0 Å². The molecule has 5 nitrogen and oxygen atoms in total. The molecular formula is C25H23ClF2N4OS. The second kappa shape index (κ2) is 9.71. The van der Waals surface area contributed by atoms with Crippen molar-refractivity contribution in [1.82, 2.24) is 9.88 Å². The van der Waals surface area contributed by atoms with Crippen LogP contribution in [0.4, 0.5) is 19.6 Å². The number of carbonyl (C=O) groups excluding carboxylic acids is 1. The van der Waals surface area contributed by atoms with Gasteiger partial charge in [0.25, 0.3) is 5.91 Å². The third kappa shape index (κ3) is 4.78. The SMILES string of the molecule is C#C[C@](C)(c1ccc(Cl)cc1)c1csc(NC(=O)c2c(F)cc(N3CCN(C)CC3)cc2F)n1. The van der Waals surface area contributed by atoms with Crippen LogP contribution in [0.25, 0.3) is 0 Å². The van der Waals surface area contributed by atoms with Crippen molar-refractivity contribution >= 4 is 39.7 Å². The van der Waals surface area contributed by atoms with Gasteiger partial charge in [0.15, 0.2) is 5.13 Å². The fourth-order valence-electron chi connectivity index (χ4n) is 3.83. The van der Waals surface area contributed by atoms with Crippen molar-refractivity contribution < 1.29 is 13.6 Å². The molecule has 0 saturated carbocycles. The lowest BCUT2D eigenvalue weighted by Gasteiger charge is -2.34.